The SMILES string of the molecule is O=c1c2cnc(Nc3ccc4c(c3)CCNC4)nc2n(-c2ccnc(OC3CCOC3)c2)n1C1CC1. The molecule has 2 aliphatic heterocycles. The van der Waals surface area contributed by atoms with E-state index in [1.54, 1.807) is 17.1 Å². The van der Waals surface area contributed by atoms with Crippen molar-refractivity contribution in [3.63, 3.8) is 0 Å². The van der Waals surface area contributed by atoms with Crippen molar-refractivity contribution in [2.24, 2.45) is 0 Å². The number of pyridine rings is 1. The summed E-state index contributed by atoms with van der Waals surface area (Å²) in [7, 11) is 0. The fourth-order valence-electron chi connectivity index (χ4n) is 5.01. The number of benzene rings is 1. The van der Waals surface area contributed by atoms with Gasteiger partial charge in [0, 0.05) is 37.1 Å². The lowest BCUT2D eigenvalue weighted by Crippen LogP contribution is -2.23. The normalized spacial score (nSPS) is 19.4. The molecule has 4 aromatic rings. The monoisotopic (exact) mass is 485 g/mol. The molecule has 1 saturated heterocycles. The summed E-state index contributed by atoms with van der Waals surface area (Å²) >= 11 is 0. The lowest BCUT2D eigenvalue weighted by atomic mass is 10.0. The van der Waals surface area contributed by atoms with E-state index in [0.717, 1.165) is 50.1 Å². The van der Waals surface area contributed by atoms with Crippen LogP contribution >= 0.6 is 0 Å². The number of aromatic nitrogens is 5. The number of nitrogens with zero attached hydrogens (tertiary/aromatic N) is 5. The van der Waals surface area contributed by atoms with Gasteiger partial charge in [0.05, 0.1) is 24.9 Å². The van der Waals surface area contributed by atoms with Crippen molar-refractivity contribution < 1.29 is 9.47 Å². The third-order valence-corrected chi connectivity index (χ3v) is 7.00. The van der Waals surface area contributed by atoms with E-state index in [-0.39, 0.29) is 17.7 Å². The Morgan fingerprint density at radius 3 is 2.92 bits per heavy atom. The summed E-state index contributed by atoms with van der Waals surface area (Å²) in [6.07, 6.45) is 7.08. The van der Waals surface area contributed by atoms with Crippen molar-refractivity contribution in [2.45, 2.75) is 44.4 Å². The van der Waals surface area contributed by atoms with E-state index >= 15 is 0 Å². The Morgan fingerprint density at radius 2 is 2.06 bits per heavy atom. The van der Waals surface area contributed by atoms with E-state index in [2.05, 4.69) is 32.7 Å². The molecule has 184 valence electrons. The van der Waals surface area contributed by atoms with E-state index in [4.69, 9.17) is 14.5 Å². The molecule has 2 N–H and O–H groups in total. The van der Waals surface area contributed by atoms with Gasteiger partial charge in [-0.15, -0.1) is 0 Å². The van der Waals surface area contributed by atoms with Gasteiger partial charge in [0.25, 0.3) is 5.56 Å². The van der Waals surface area contributed by atoms with Gasteiger partial charge in [-0.1, -0.05) is 6.07 Å². The van der Waals surface area contributed by atoms with Crippen LogP contribution in [0.5, 0.6) is 5.88 Å². The first kappa shape index (κ1) is 21.5. The van der Waals surface area contributed by atoms with Crippen LogP contribution in [0.2, 0.25) is 0 Å². The van der Waals surface area contributed by atoms with Crippen molar-refractivity contribution in [1.29, 1.82) is 0 Å². The largest absolute Gasteiger partial charge is 0.472 e. The Hall–Kier alpha value is -3.76. The summed E-state index contributed by atoms with van der Waals surface area (Å²) in [5, 5.41) is 7.23. The number of hydrogen-bond acceptors (Lipinski definition) is 8. The number of ether oxygens (including phenoxy) is 2. The van der Waals surface area contributed by atoms with E-state index in [0.29, 0.717) is 36.1 Å². The Bertz CT molecular complexity index is 1500. The molecule has 3 aromatic heterocycles. The zero-order valence-corrected chi connectivity index (χ0v) is 19.8. The molecular formula is C26H27N7O3. The maximum atomic E-state index is 13.4. The second-order valence-electron chi connectivity index (χ2n) is 9.61. The molecule has 36 heavy (non-hydrogen) atoms. The van der Waals surface area contributed by atoms with Crippen LogP contribution in [0, 0.1) is 0 Å². The second-order valence-corrected chi connectivity index (χ2v) is 9.61. The molecule has 2 fully saturated rings. The molecule has 1 atom stereocenters. The predicted octanol–water partition coefficient (Wildman–Crippen LogP) is 2.87. The molecule has 0 spiro atoms. The van der Waals surface area contributed by atoms with Crippen molar-refractivity contribution in [3.8, 4) is 11.6 Å². The summed E-state index contributed by atoms with van der Waals surface area (Å²) < 4.78 is 15.1. The number of nitrogens with one attached hydrogen (secondary N) is 2. The maximum Gasteiger partial charge on any atom is 0.278 e. The Kier molecular flexibility index (Phi) is 5.21. The van der Waals surface area contributed by atoms with Gasteiger partial charge in [-0.3, -0.25) is 4.79 Å². The molecule has 1 aromatic carbocycles. The van der Waals surface area contributed by atoms with Crippen LogP contribution in [0.3, 0.4) is 0 Å². The van der Waals surface area contributed by atoms with Crippen LogP contribution in [0.4, 0.5) is 11.6 Å². The third-order valence-electron chi connectivity index (χ3n) is 7.00. The molecule has 0 amide bonds. The van der Waals surface area contributed by atoms with Crippen molar-refractivity contribution in [2.75, 3.05) is 25.1 Å². The smallest absolute Gasteiger partial charge is 0.278 e. The lowest BCUT2D eigenvalue weighted by Gasteiger charge is -2.18. The number of rotatable bonds is 6. The summed E-state index contributed by atoms with van der Waals surface area (Å²) in [5.74, 6) is 0.960. The van der Waals surface area contributed by atoms with Gasteiger partial charge in [-0.2, -0.15) is 4.98 Å². The van der Waals surface area contributed by atoms with Crippen LogP contribution in [0.15, 0.2) is 47.5 Å². The Balaban J connectivity index is 1.28. The fraction of sp³-hybridized carbons (Fsp3) is 0.385. The first-order chi connectivity index (χ1) is 17.7. The van der Waals surface area contributed by atoms with Gasteiger partial charge in [-0.05, 0) is 55.1 Å². The second kappa shape index (κ2) is 8.72. The fourth-order valence-corrected chi connectivity index (χ4v) is 5.01. The molecule has 0 radical (unpaired) electrons. The average Bonchev–Trinajstić information content (AvgIpc) is 3.53. The molecule has 0 bridgehead atoms. The van der Waals surface area contributed by atoms with Gasteiger partial charge in [0.15, 0.2) is 5.65 Å². The molecule has 7 rings (SSSR count). The Labute approximate surface area is 207 Å². The quantitative estimate of drug-likeness (QED) is 0.429. The van der Waals surface area contributed by atoms with Crippen molar-refractivity contribution >= 4 is 22.7 Å². The minimum atomic E-state index is -0.0798. The summed E-state index contributed by atoms with van der Waals surface area (Å²) in [4.78, 5) is 27.0. The highest BCUT2D eigenvalue weighted by atomic mass is 16.5. The first-order valence-electron chi connectivity index (χ1n) is 12.5. The zero-order valence-electron chi connectivity index (χ0n) is 19.8. The summed E-state index contributed by atoms with van der Waals surface area (Å²) in [6, 6.07) is 10.2. The van der Waals surface area contributed by atoms with Gasteiger partial charge < -0.3 is 20.1 Å². The predicted molar refractivity (Wildman–Crippen MR) is 134 cm³/mol. The standard InChI is InChI=1S/C26H27N7O3/c34-25-22-14-29-26(30-18-2-1-17-13-27-8-5-16(17)11-18)31-24(22)32(33(25)19-3-4-19)20-6-9-28-23(12-20)36-21-7-10-35-15-21/h1-2,6,9,11-12,14,19,21,27H,3-5,7-8,10,13,15H2,(H,29,30,31). The van der Waals surface area contributed by atoms with Crippen molar-refractivity contribution in [1.82, 2.24) is 29.6 Å². The molecule has 10 heteroatoms. The summed E-state index contributed by atoms with van der Waals surface area (Å²) in [6.45, 7) is 3.13. The van der Waals surface area contributed by atoms with Crippen LogP contribution in [-0.2, 0) is 17.7 Å². The Morgan fingerprint density at radius 1 is 1.11 bits per heavy atom. The highest BCUT2D eigenvalue weighted by molar-refractivity contribution is 5.77. The number of anilines is 2. The van der Waals surface area contributed by atoms with Crippen molar-refractivity contribution in [3.05, 3.63) is 64.2 Å². The number of fused-ring (bicyclic) bond motifs is 2. The van der Waals surface area contributed by atoms with Crippen LogP contribution in [-0.4, -0.2) is 50.2 Å². The van der Waals surface area contributed by atoms with E-state index in [1.807, 2.05) is 22.9 Å². The minimum Gasteiger partial charge on any atom is -0.472 e. The van der Waals surface area contributed by atoms with Crippen LogP contribution in [0.25, 0.3) is 16.7 Å². The van der Waals surface area contributed by atoms with Crippen LogP contribution < -0.4 is 20.9 Å². The average molecular weight is 486 g/mol. The molecule has 1 saturated carbocycles. The third kappa shape index (κ3) is 3.92. The first-order valence-corrected chi connectivity index (χ1v) is 12.5. The van der Waals surface area contributed by atoms with Gasteiger partial charge >= 0.3 is 0 Å². The van der Waals surface area contributed by atoms with E-state index < -0.39 is 0 Å². The summed E-state index contributed by atoms with van der Waals surface area (Å²) in [5.41, 5.74) is 4.84. The lowest BCUT2D eigenvalue weighted by molar-refractivity contribution is 0.138. The van der Waals surface area contributed by atoms with Gasteiger partial charge in [-0.25, -0.2) is 19.3 Å². The molecule has 1 aliphatic carbocycles. The minimum absolute atomic E-state index is 0.00897. The van der Waals surface area contributed by atoms with E-state index in [9.17, 15) is 4.79 Å². The van der Waals surface area contributed by atoms with Gasteiger partial charge in [0.2, 0.25) is 11.8 Å². The molecule has 1 unspecified atom stereocenters. The molecule has 10 nitrogen and oxygen atoms in total. The topological polar surface area (TPSA) is 108 Å². The highest BCUT2D eigenvalue weighted by Gasteiger charge is 2.31. The van der Waals surface area contributed by atoms with E-state index in [1.165, 1.54) is 11.1 Å². The molecule has 5 heterocycles. The molecular weight excluding hydrogens is 458 g/mol. The highest BCUT2D eigenvalue weighted by Crippen LogP contribution is 2.36. The maximum absolute atomic E-state index is 13.4. The molecule has 3 aliphatic rings. The zero-order chi connectivity index (χ0) is 24.1. The van der Waals surface area contributed by atoms with Crippen LogP contribution in [0.1, 0.15) is 36.4 Å². The number of hydrogen-bond donors (Lipinski definition) is 2. The van der Waals surface area contributed by atoms with Gasteiger partial charge in [0.1, 0.15) is 11.5 Å².